The molecule has 0 atom stereocenters. The lowest BCUT2D eigenvalue weighted by atomic mass is 10.2. The molecular weight excluding hydrogens is 625 g/mol. The van der Waals surface area contributed by atoms with Crippen molar-refractivity contribution in [1.82, 2.24) is 27.9 Å². The van der Waals surface area contributed by atoms with Crippen molar-refractivity contribution in [2.24, 2.45) is 0 Å². The first kappa shape index (κ1) is 26.7. The summed E-state index contributed by atoms with van der Waals surface area (Å²) in [6, 6.07) is 46.1. The van der Waals surface area contributed by atoms with Gasteiger partial charge in [0.25, 0.3) is 8.32 Å². The molecule has 234 valence electrons. The molecular formula is C40H28N6O2Si. The van der Waals surface area contributed by atoms with Crippen molar-refractivity contribution in [2.45, 2.75) is 13.1 Å². The van der Waals surface area contributed by atoms with E-state index in [2.05, 4.69) is 146 Å². The Bertz CT molecular complexity index is 3000. The van der Waals surface area contributed by atoms with Crippen LogP contribution in [0.5, 0.6) is 17.2 Å². The minimum absolute atomic E-state index is 0.699. The van der Waals surface area contributed by atoms with E-state index in [1.54, 1.807) is 0 Å². The number of ether oxygens (including phenoxy) is 1. The molecule has 0 aliphatic carbocycles. The van der Waals surface area contributed by atoms with Crippen LogP contribution in [0, 0.1) is 0 Å². The van der Waals surface area contributed by atoms with Crippen molar-refractivity contribution in [3.8, 4) is 28.6 Å². The van der Waals surface area contributed by atoms with Gasteiger partial charge in [0.1, 0.15) is 11.5 Å². The van der Waals surface area contributed by atoms with Gasteiger partial charge in [0.05, 0.1) is 49.8 Å². The smallest absolute Gasteiger partial charge is 0.280 e. The van der Waals surface area contributed by atoms with E-state index < -0.39 is 8.32 Å². The molecule has 8 nitrogen and oxygen atoms in total. The molecule has 49 heavy (non-hydrogen) atoms. The largest absolute Gasteiger partial charge is 0.537 e. The van der Waals surface area contributed by atoms with Crippen LogP contribution in [0.15, 0.2) is 133 Å². The number of benzene rings is 6. The molecule has 11 rings (SSSR count). The first-order valence-corrected chi connectivity index (χ1v) is 19.3. The Labute approximate surface area is 280 Å². The third kappa shape index (κ3) is 3.62. The Morgan fingerprint density at radius 3 is 1.51 bits per heavy atom. The molecule has 0 spiro atoms. The molecule has 0 radical (unpaired) electrons. The van der Waals surface area contributed by atoms with Crippen LogP contribution in [-0.2, 0) is 0 Å². The zero-order valence-electron chi connectivity index (χ0n) is 26.7. The first-order chi connectivity index (χ1) is 24.0. The van der Waals surface area contributed by atoms with E-state index in [1.165, 1.54) is 0 Å². The van der Waals surface area contributed by atoms with Crippen molar-refractivity contribution in [3.05, 3.63) is 133 Å². The molecule has 0 saturated heterocycles. The maximum atomic E-state index is 7.03. The second-order valence-corrected chi connectivity index (χ2v) is 16.9. The van der Waals surface area contributed by atoms with Crippen LogP contribution in [-0.4, -0.2) is 36.2 Å². The van der Waals surface area contributed by atoms with Gasteiger partial charge in [0, 0.05) is 16.9 Å². The lowest BCUT2D eigenvalue weighted by Crippen LogP contribution is -2.47. The highest BCUT2D eigenvalue weighted by Crippen LogP contribution is 2.40. The van der Waals surface area contributed by atoms with E-state index in [4.69, 9.17) is 19.1 Å². The maximum absolute atomic E-state index is 7.03. The summed E-state index contributed by atoms with van der Waals surface area (Å²) in [5.41, 5.74) is 10.5. The van der Waals surface area contributed by atoms with Gasteiger partial charge in [0.2, 0.25) is 11.6 Å². The van der Waals surface area contributed by atoms with E-state index in [-0.39, 0.29) is 0 Å². The monoisotopic (exact) mass is 652 g/mol. The fraction of sp³-hybridized carbons (Fsp3) is 0.0500. The molecule has 10 aromatic rings. The number of para-hydroxylation sites is 8. The second kappa shape index (κ2) is 9.39. The highest BCUT2D eigenvalue weighted by atomic mass is 28.4. The van der Waals surface area contributed by atoms with Crippen molar-refractivity contribution in [1.29, 1.82) is 0 Å². The summed E-state index contributed by atoms with van der Waals surface area (Å²) in [5, 5.41) is 1.09. The minimum Gasteiger partial charge on any atom is -0.537 e. The van der Waals surface area contributed by atoms with Gasteiger partial charge in [-0.05, 0) is 92.0 Å². The molecule has 6 aromatic carbocycles. The van der Waals surface area contributed by atoms with Crippen LogP contribution in [0.4, 0.5) is 0 Å². The zero-order chi connectivity index (χ0) is 32.4. The summed E-state index contributed by atoms with van der Waals surface area (Å²) in [5.74, 6) is 3.99. The zero-order valence-corrected chi connectivity index (χ0v) is 27.7. The summed E-state index contributed by atoms with van der Waals surface area (Å²) in [6.45, 7) is 4.47. The summed E-state index contributed by atoms with van der Waals surface area (Å²) in [4.78, 5) is 10.1. The van der Waals surface area contributed by atoms with Gasteiger partial charge in [-0.1, -0.05) is 48.5 Å². The second-order valence-electron chi connectivity index (χ2n) is 13.1. The van der Waals surface area contributed by atoms with Crippen LogP contribution in [0.25, 0.3) is 67.1 Å². The molecule has 9 heteroatoms. The summed E-state index contributed by atoms with van der Waals surface area (Å²) in [6.07, 6.45) is 0. The van der Waals surface area contributed by atoms with Crippen molar-refractivity contribution in [3.63, 3.8) is 0 Å². The standard InChI is InChI=1S/C40H28N6O2Si/c1-49(2)38-24-26(44-32-16-8-10-18-34(32)46-30-14-6-4-12-28(30)42-40(44)46)20-22-36(38)47-35-21-19-25(23-37(35)48-49)43-31-15-7-9-17-33(31)45-29-13-5-3-11-27(29)41-39(43)45/h3-24H,1-2H3. The highest BCUT2D eigenvalue weighted by molar-refractivity contribution is 6.85. The van der Waals surface area contributed by atoms with Crippen LogP contribution in [0.2, 0.25) is 13.1 Å². The van der Waals surface area contributed by atoms with Gasteiger partial charge in [-0.25, -0.2) is 9.97 Å². The summed E-state index contributed by atoms with van der Waals surface area (Å²) in [7, 11) is -2.56. The predicted molar refractivity (Wildman–Crippen MR) is 197 cm³/mol. The van der Waals surface area contributed by atoms with Crippen LogP contribution < -0.4 is 14.3 Å². The fourth-order valence-corrected chi connectivity index (χ4v) is 9.72. The molecule has 1 aliphatic heterocycles. The highest BCUT2D eigenvalue weighted by Gasteiger charge is 2.36. The molecule has 0 unspecified atom stereocenters. The summed E-state index contributed by atoms with van der Waals surface area (Å²) < 4.78 is 22.6. The lowest BCUT2D eigenvalue weighted by Gasteiger charge is -2.24. The predicted octanol–water partition coefficient (Wildman–Crippen LogP) is 8.77. The van der Waals surface area contributed by atoms with Gasteiger partial charge < -0.3 is 9.16 Å². The third-order valence-corrected chi connectivity index (χ3v) is 12.3. The normalized spacial score (nSPS) is 14.0. The molecule has 0 N–H and O–H groups in total. The summed E-state index contributed by atoms with van der Waals surface area (Å²) >= 11 is 0. The average molecular weight is 653 g/mol. The first-order valence-electron chi connectivity index (χ1n) is 16.4. The Morgan fingerprint density at radius 1 is 0.469 bits per heavy atom. The molecule has 5 heterocycles. The molecule has 1 aliphatic rings. The van der Waals surface area contributed by atoms with Crippen LogP contribution >= 0.6 is 0 Å². The van der Waals surface area contributed by atoms with Crippen molar-refractivity contribution >= 4 is 69.2 Å². The van der Waals surface area contributed by atoms with Gasteiger partial charge in [-0.15, -0.1) is 0 Å². The van der Waals surface area contributed by atoms with E-state index in [1.807, 2.05) is 18.2 Å². The number of hydrogen-bond donors (Lipinski definition) is 0. The van der Waals surface area contributed by atoms with E-state index >= 15 is 0 Å². The molecule has 0 fully saturated rings. The van der Waals surface area contributed by atoms with Crippen LogP contribution in [0.1, 0.15) is 0 Å². The number of rotatable bonds is 2. The number of imidazole rings is 4. The van der Waals surface area contributed by atoms with Gasteiger partial charge in [0.15, 0.2) is 5.75 Å². The van der Waals surface area contributed by atoms with E-state index in [0.717, 1.165) is 83.7 Å². The van der Waals surface area contributed by atoms with Crippen LogP contribution in [0.3, 0.4) is 0 Å². The quantitative estimate of drug-likeness (QED) is 0.175. The lowest BCUT2D eigenvalue weighted by molar-refractivity contribution is 0.462. The van der Waals surface area contributed by atoms with Gasteiger partial charge >= 0.3 is 0 Å². The average Bonchev–Trinajstić information content (AvgIpc) is 3.83. The number of hydrogen-bond acceptors (Lipinski definition) is 4. The van der Waals surface area contributed by atoms with Gasteiger partial charge in [-0.2, -0.15) is 0 Å². The van der Waals surface area contributed by atoms with Crippen molar-refractivity contribution < 1.29 is 9.16 Å². The minimum atomic E-state index is -2.56. The topological polar surface area (TPSA) is 62.9 Å². The van der Waals surface area contributed by atoms with E-state index in [0.29, 0.717) is 5.75 Å². The Kier molecular flexibility index (Phi) is 5.12. The maximum Gasteiger partial charge on any atom is 0.280 e. The third-order valence-electron chi connectivity index (χ3n) is 9.85. The molecule has 0 saturated carbocycles. The fourth-order valence-electron chi connectivity index (χ4n) is 7.68. The molecule has 0 bridgehead atoms. The molecule has 4 aromatic heterocycles. The van der Waals surface area contributed by atoms with Gasteiger partial charge in [-0.3, -0.25) is 17.9 Å². The SMILES string of the molecule is C[Si]1(C)Oc2cc(-n3c4ccccc4n4c5ccccc5nc34)ccc2Oc2ccc(-n3c4ccccc4n4c5ccccc5nc34)cc21. The van der Waals surface area contributed by atoms with E-state index in [9.17, 15) is 0 Å². The Hall–Kier alpha value is -6.32. The Morgan fingerprint density at radius 2 is 0.939 bits per heavy atom. The number of aromatic nitrogens is 6. The van der Waals surface area contributed by atoms with Crippen molar-refractivity contribution in [2.75, 3.05) is 0 Å². The Balaban J connectivity index is 1.06. The number of fused-ring (bicyclic) bond motifs is 12. The molecule has 0 amide bonds. The number of nitrogens with zero attached hydrogens (tertiary/aromatic N) is 6.